The van der Waals surface area contributed by atoms with Gasteiger partial charge in [-0.25, -0.2) is 0 Å². The van der Waals surface area contributed by atoms with Gasteiger partial charge in [-0.1, -0.05) is 18.9 Å². The number of hydrogen-bond donors (Lipinski definition) is 2. The first-order chi connectivity index (χ1) is 17.2. The van der Waals surface area contributed by atoms with E-state index in [1.807, 2.05) is 18.2 Å². The second-order valence-corrected chi connectivity index (χ2v) is 10.0. The largest absolute Gasteiger partial charge is 0.486 e. The molecule has 0 bridgehead atoms. The van der Waals surface area contributed by atoms with Crippen molar-refractivity contribution in [2.75, 3.05) is 48.0 Å². The Morgan fingerprint density at radius 3 is 2.49 bits per heavy atom. The standard InChI is InChI=1S/C26H36N6O2S/c1-19-8-4-7-13-32(19)24-17-23(31-11-5-2-3-6-12-31)28-25(29-24)30-26(35)27-18-20-9-10-21-22(16-20)34-15-14-33-21/h9-10,16-17,19H,2-8,11-15,18H2,1H3,(H2,27,28,29,30,35)/t19-/m0/s1. The van der Waals surface area contributed by atoms with Crippen molar-refractivity contribution in [3.63, 3.8) is 0 Å². The monoisotopic (exact) mass is 496 g/mol. The van der Waals surface area contributed by atoms with Crippen LogP contribution in [0.5, 0.6) is 11.5 Å². The third kappa shape index (κ3) is 6.07. The molecule has 8 nitrogen and oxygen atoms in total. The van der Waals surface area contributed by atoms with E-state index in [4.69, 9.17) is 31.7 Å². The molecule has 1 aromatic carbocycles. The first-order valence-corrected chi connectivity index (χ1v) is 13.4. The van der Waals surface area contributed by atoms with Crippen molar-refractivity contribution < 1.29 is 9.47 Å². The fraction of sp³-hybridized carbons (Fsp3) is 0.577. The lowest BCUT2D eigenvalue weighted by molar-refractivity contribution is 0.171. The molecule has 2 N–H and O–H groups in total. The van der Waals surface area contributed by atoms with E-state index in [1.54, 1.807) is 0 Å². The number of benzene rings is 1. The van der Waals surface area contributed by atoms with Gasteiger partial charge >= 0.3 is 0 Å². The summed E-state index contributed by atoms with van der Waals surface area (Å²) in [6.45, 7) is 7.14. The highest BCUT2D eigenvalue weighted by molar-refractivity contribution is 7.80. The number of anilines is 3. The molecule has 5 rings (SSSR count). The average Bonchev–Trinajstić information content (AvgIpc) is 3.17. The molecule has 0 amide bonds. The Kier molecular flexibility index (Phi) is 7.71. The molecule has 1 atom stereocenters. The molecule has 0 radical (unpaired) electrons. The minimum Gasteiger partial charge on any atom is -0.486 e. The number of fused-ring (bicyclic) bond motifs is 1. The molecule has 188 valence electrons. The average molecular weight is 497 g/mol. The van der Waals surface area contributed by atoms with Crippen LogP contribution in [0.15, 0.2) is 24.3 Å². The van der Waals surface area contributed by atoms with Crippen LogP contribution < -0.4 is 29.9 Å². The van der Waals surface area contributed by atoms with Crippen LogP contribution in [0.25, 0.3) is 0 Å². The minimum atomic E-state index is 0.476. The molecule has 35 heavy (non-hydrogen) atoms. The van der Waals surface area contributed by atoms with Gasteiger partial charge in [0, 0.05) is 38.3 Å². The number of ether oxygens (including phenoxy) is 2. The van der Waals surface area contributed by atoms with E-state index < -0.39 is 0 Å². The molecular formula is C26H36N6O2S. The van der Waals surface area contributed by atoms with Crippen LogP contribution in [-0.4, -0.2) is 54.0 Å². The zero-order valence-corrected chi connectivity index (χ0v) is 21.4. The summed E-state index contributed by atoms with van der Waals surface area (Å²) >= 11 is 5.62. The summed E-state index contributed by atoms with van der Waals surface area (Å²) in [6, 6.07) is 8.61. The molecule has 0 unspecified atom stereocenters. The SMILES string of the molecule is C[C@H]1CCCCN1c1cc(N2CCCCCC2)nc(NC(=S)NCc2ccc3c(c2)OCCO3)n1. The summed E-state index contributed by atoms with van der Waals surface area (Å²) in [5.74, 6) is 4.11. The van der Waals surface area contributed by atoms with Gasteiger partial charge in [-0.15, -0.1) is 0 Å². The summed E-state index contributed by atoms with van der Waals surface area (Å²) in [6.07, 6.45) is 8.66. The van der Waals surface area contributed by atoms with E-state index in [9.17, 15) is 0 Å². The van der Waals surface area contributed by atoms with Crippen molar-refractivity contribution in [2.24, 2.45) is 0 Å². The second kappa shape index (κ2) is 11.3. The van der Waals surface area contributed by atoms with Crippen molar-refractivity contribution in [3.8, 4) is 11.5 Å². The Morgan fingerprint density at radius 1 is 0.943 bits per heavy atom. The second-order valence-electron chi connectivity index (χ2n) is 9.63. The van der Waals surface area contributed by atoms with Gasteiger partial charge in [-0.2, -0.15) is 9.97 Å². The predicted molar refractivity (Wildman–Crippen MR) is 144 cm³/mol. The number of thiocarbonyl (C=S) groups is 1. The first kappa shape index (κ1) is 23.9. The Hall–Kier alpha value is -2.81. The molecule has 2 aromatic rings. The number of nitrogens with one attached hydrogen (secondary N) is 2. The maximum Gasteiger partial charge on any atom is 0.232 e. The van der Waals surface area contributed by atoms with Crippen LogP contribution in [0.1, 0.15) is 57.4 Å². The molecule has 0 aliphatic carbocycles. The first-order valence-electron chi connectivity index (χ1n) is 13.0. The lowest BCUT2D eigenvalue weighted by Gasteiger charge is -2.35. The maximum absolute atomic E-state index is 5.70. The number of aromatic nitrogens is 2. The van der Waals surface area contributed by atoms with Gasteiger partial charge in [0.15, 0.2) is 16.6 Å². The van der Waals surface area contributed by atoms with E-state index in [1.165, 1.54) is 44.9 Å². The molecule has 9 heteroatoms. The highest BCUT2D eigenvalue weighted by Gasteiger charge is 2.23. The number of piperidine rings is 1. The molecule has 2 saturated heterocycles. The van der Waals surface area contributed by atoms with E-state index in [0.717, 1.165) is 48.3 Å². The lowest BCUT2D eigenvalue weighted by Crippen LogP contribution is -2.38. The fourth-order valence-corrected chi connectivity index (χ4v) is 5.21. The number of nitrogens with zero attached hydrogens (tertiary/aromatic N) is 4. The highest BCUT2D eigenvalue weighted by Crippen LogP contribution is 2.31. The summed E-state index contributed by atoms with van der Waals surface area (Å²) in [7, 11) is 0. The normalized spacial score (nSPS) is 20.2. The Morgan fingerprint density at radius 2 is 1.69 bits per heavy atom. The van der Waals surface area contributed by atoms with E-state index in [2.05, 4.69) is 33.4 Å². The van der Waals surface area contributed by atoms with Gasteiger partial charge < -0.3 is 29.9 Å². The van der Waals surface area contributed by atoms with Gasteiger partial charge in [0.25, 0.3) is 0 Å². The molecule has 3 aliphatic rings. The van der Waals surface area contributed by atoms with Crippen LogP contribution in [0.2, 0.25) is 0 Å². The van der Waals surface area contributed by atoms with Gasteiger partial charge in [-0.05, 0) is 68.9 Å². The van der Waals surface area contributed by atoms with Crippen LogP contribution in [0, 0.1) is 0 Å². The quantitative estimate of drug-likeness (QED) is 0.582. The maximum atomic E-state index is 5.70. The summed E-state index contributed by atoms with van der Waals surface area (Å²) < 4.78 is 11.3. The van der Waals surface area contributed by atoms with Crippen molar-refractivity contribution >= 4 is 34.9 Å². The molecular weight excluding hydrogens is 460 g/mol. The van der Waals surface area contributed by atoms with Crippen molar-refractivity contribution in [3.05, 3.63) is 29.8 Å². The van der Waals surface area contributed by atoms with Crippen molar-refractivity contribution in [1.29, 1.82) is 0 Å². The zero-order valence-electron chi connectivity index (χ0n) is 20.6. The minimum absolute atomic E-state index is 0.476. The van der Waals surface area contributed by atoms with Crippen LogP contribution >= 0.6 is 12.2 Å². The van der Waals surface area contributed by atoms with Crippen LogP contribution in [0.3, 0.4) is 0 Å². The van der Waals surface area contributed by atoms with Crippen LogP contribution in [-0.2, 0) is 6.54 Å². The topological polar surface area (TPSA) is 74.8 Å². The Bertz CT molecular complexity index is 1030. The summed E-state index contributed by atoms with van der Waals surface area (Å²) in [5, 5.41) is 7.05. The Labute approximate surface area is 213 Å². The zero-order chi connectivity index (χ0) is 24.0. The molecule has 1 aromatic heterocycles. The van der Waals surface area contributed by atoms with Crippen molar-refractivity contribution in [1.82, 2.24) is 15.3 Å². The van der Waals surface area contributed by atoms with Crippen LogP contribution in [0.4, 0.5) is 17.6 Å². The van der Waals surface area contributed by atoms with E-state index >= 15 is 0 Å². The lowest BCUT2D eigenvalue weighted by atomic mass is 10.0. The van der Waals surface area contributed by atoms with Gasteiger partial charge in [0.1, 0.15) is 24.8 Å². The Balaban J connectivity index is 1.30. The number of rotatable bonds is 5. The van der Waals surface area contributed by atoms with Gasteiger partial charge in [0.05, 0.1) is 0 Å². The van der Waals surface area contributed by atoms with E-state index in [0.29, 0.717) is 36.9 Å². The van der Waals surface area contributed by atoms with Gasteiger partial charge in [0.2, 0.25) is 5.95 Å². The third-order valence-electron chi connectivity index (χ3n) is 7.01. The number of hydrogen-bond acceptors (Lipinski definition) is 7. The summed E-state index contributed by atoms with van der Waals surface area (Å²) in [4.78, 5) is 14.6. The molecule has 0 saturated carbocycles. The highest BCUT2D eigenvalue weighted by atomic mass is 32.1. The van der Waals surface area contributed by atoms with Crippen molar-refractivity contribution in [2.45, 2.75) is 64.5 Å². The molecule has 4 heterocycles. The summed E-state index contributed by atoms with van der Waals surface area (Å²) in [5.41, 5.74) is 1.07. The molecule has 2 fully saturated rings. The molecule has 3 aliphatic heterocycles. The van der Waals surface area contributed by atoms with Gasteiger partial charge in [-0.3, -0.25) is 0 Å². The fourth-order valence-electron chi connectivity index (χ4n) is 5.05. The molecule has 0 spiro atoms. The predicted octanol–water partition coefficient (Wildman–Crippen LogP) is 4.49. The van der Waals surface area contributed by atoms with E-state index in [-0.39, 0.29) is 0 Å². The third-order valence-corrected chi connectivity index (χ3v) is 7.26. The smallest absolute Gasteiger partial charge is 0.232 e.